The molecule has 0 fully saturated rings. The van der Waals surface area contributed by atoms with Gasteiger partial charge in [-0.3, -0.25) is 4.79 Å². The van der Waals surface area contributed by atoms with Gasteiger partial charge in [-0.1, -0.05) is 12.2 Å². The summed E-state index contributed by atoms with van der Waals surface area (Å²) in [4.78, 5) is 25.5. The summed E-state index contributed by atoms with van der Waals surface area (Å²) in [6, 6.07) is 0. The van der Waals surface area contributed by atoms with Gasteiger partial charge in [0.2, 0.25) is 5.91 Å². The number of hydrogen-bond donors (Lipinski definition) is 2. The molecule has 3 N–H and O–H groups in total. The van der Waals surface area contributed by atoms with Crippen molar-refractivity contribution in [1.29, 1.82) is 0 Å². The summed E-state index contributed by atoms with van der Waals surface area (Å²) >= 11 is 7.04. The molecule has 2 rings (SSSR count). The van der Waals surface area contributed by atoms with Gasteiger partial charge in [-0.15, -0.1) is 0 Å². The zero-order valence-corrected chi connectivity index (χ0v) is 11.3. The molecule has 0 saturated heterocycles. The first-order valence-electron chi connectivity index (χ1n) is 4.86. The lowest BCUT2D eigenvalue weighted by molar-refractivity contribution is -0.119. The molecule has 7 heteroatoms. The summed E-state index contributed by atoms with van der Waals surface area (Å²) < 4.78 is 1.85. The molecule has 0 bridgehead atoms. The van der Waals surface area contributed by atoms with Gasteiger partial charge in [-0.25, -0.2) is 7.58 Å². The lowest BCUT2D eigenvalue weighted by atomic mass is 9.87. The maximum absolute atomic E-state index is 11.6. The highest BCUT2D eigenvalue weighted by Gasteiger charge is 2.27. The molecule has 1 unspecified atom stereocenters. The fraction of sp³-hybridized carbons (Fsp3) is 0.444. The van der Waals surface area contributed by atoms with Crippen LogP contribution in [0.15, 0.2) is 4.79 Å². The van der Waals surface area contributed by atoms with Crippen LogP contribution in [-0.4, -0.2) is 13.7 Å². The van der Waals surface area contributed by atoms with Crippen molar-refractivity contribution >= 4 is 41.0 Å². The molecule has 16 heavy (non-hydrogen) atoms. The molecule has 1 aliphatic carbocycles. The molecule has 0 aromatic carbocycles. The second-order valence-corrected chi connectivity index (χ2v) is 5.11. The average Bonchev–Trinajstić information content (AvgIpc) is 2.25. The number of hydrogen-bond acceptors (Lipinski definition) is 3. The van der Waals surface area contributed by atoms with Crippen molar-refractivity contribution in [3.05, 3.63) is 26.4 Å². The minimum atomic E-state index is -0.407. The Hall–Kier alpha value is -0.700. The number of aromatic nitrogens is 2. The summed E-state index contributed by atoms with van der Waals surface area (Å²) in [5.41, 5.74) is 6.50. The van der Waals surface area contributed by atoms with Gasteiger partial charge in [0.15, 0.2) is 0 Å². The Bertz CT molecular complexity index is 563. The third kappa shape index (κ3) is 1.81. The molecule has 0 aliphatic heterocycles. The highest BCUT2D eigenvalue weighted by molar-refractivity contribution is 14.1. The van der Waals surface area contributed by atoms with Gasteiger partial charge in [0.25, 0.3) is 0 Å². The van der Waals surface area contributed by atoms with Gasteiger partial charge in [0.05, 0.1) is 28.8 Å². The molecule has 1 heterocycles. The number of amides is 1. The molecule has 1 atom stereocenters. The number of nitrogens with one attached hydrogen (secondary N) is 1. The van der Waals surface area contributed by atoms with E-state index in [1.807, 2.05) is 22.9 Å². The van der Waals surface area contributed by atoms with Gasteiger partial charge in [-0.2, -0.15) is 0 Å². The van der Waals surface area contributed by atoms with E-state index in [1.165, 1.54) is 2.78 Å². The topological polar surface area (TPSA) is 80.9 Å². The second kappa shape index (κ2) is 4.28. The Morgan fingerprint density at radius 2 is 2.31 bits per heavy atom. The first kappa shape index (κ1) is 11.8. The average molecular weight is 351 g/mol. The third-order valence-electron chi connectivity index (χ3n) is 2.79. The van der Waals surface area contributed by atoms with Crippen molar-refractivity contribution in [3.8, 4) is 0 Å². The predicted octanol–water partition coefficient (Wildman–Crippen LogP) is 1.01. The molecule has 1 aromatic heterocycles. The smallest absolute Gasteiger partial charge is 0.335 e. The van der Waals surface area contributed by atoms with Crippen LogP contribution in [0.5, 0.6) is 0 Å². The molecular weight excluding hydrogens is 341 g/mol. The molecule has 1 aromatic rings. The summed E-state index contributed by atoms with van der Waals surface area (Å²) in [5, 5.41) is 0. The van der Waals surface area contributed by atoms with E-state index in [4.69, 9.17) is 18.0 Å². The molecular formula is C9H10IN3O2S. The maximum Gasteiger partial charge on any atom is 0.335 e. The Morgan fingerprint density at radius 3 is 2.94 bits per heavy atom. The summed E-state index contributed by atoms with van der Waals surface area (Å²) in [6.45, 7) is 0. The van der Waals surface area contributed by atoms with E-state index in [0.29, 0.717) is 16.8 Å². The van der Waals surface area contributed by atoms with Gasteiger partial charge < -0.3 is 10.7 Å². The summed E-state index contributed by atoms with van der Waals surface area (Å²) in [6.07, 6.45) is 2.34. The number of carbonyl (C=O) groups is 1. The zero-order valence-electron chi connectivity index (χ0n) is 8.33. The van der Waals surface area contributed by atoms with E-state index in [1.54, 1.807) is 0 Å². The minimum absolute atomic E-state index is 0.308. The van der Waals surface area contributed by atoms with Crippen molar-refractivity contribution in [2.24, 2.45) is 5.73 Å². The summed E-state index contributed by atoms with van der Waals surface area (Å²) in [5.74, 6) is -0.812. The van der Waals surface area contributed by atoms with Crippen LogP contribution in [0.2, 0.25) is 0 Å². The monoisotopic (exact) mass is 351 g/mol. The number of rotatable bonds is 1. The first-order chi connectivity index (χ1) is 7.52. The van der Waals surface area contributed by atoms with Gasteiger partial charge in [0.1, 0.15) is 4.64 Å². The largest absolute Gasteiger partial charge is 0.369 e. The highest BCUT2D eigenvalue weighted by atomic mass is 127. The van der Waals surface area contributed by atoms with E-state index >= 15 is 0 Å². The van der Waals surface area contributed by atoms with Crippen LogP contribution in [0, 0.1) is 4.64 Å². The fourth-order valence-electron chi connectivity index (χ4n) is 2.02. The molecule has 1 aliphatic rings. The van der Waals surface area contributed by atoms with Crippen molar-refractivity contribution in [3.63, 3.8) is 0 Å². The van der Waals surface area contributed by atoms with E-state index < -0.39 is 11.8 Å². The van der Waals surface area contributed by atoms with E-state index in [2.05, 4.69) is 4.98 Å². The van der Waals surface area contributed by atoms with Crippen LogP contribution in [0.25, 0.3) is 0 Å². The Kier molecular flexibility index (Phi) is 3.15. The number of nitrogens with two attached hydrogens (primary N) is 1. The summed E-state index contributed by atoms with van der Waals surface area (Å²) in [7, 11) is 0. The number of fused-ring (bicyclic) bond motifs is 1. The van der Waals surface area contributed by atoms with E-state index in [-0.39, 0.29) is 5.69 Å². The number of primary amides is 1. The van der Waals surface area contributed by atoms with Gasteiger partial charge in [-0.05, 0) is 19.3 Å². The van der Waals surface area contributed by atoms with Crippen molar-refractivity contribution < 1.29 is 4.79 Å². The predicted molar refractivity (Wildman–Crippen MR) is 70.2 cm³/mol. The molecule has 1 amide bonds. The molecule has 0 saturated carbocycles. The minimum Gasteiger partial charge on any atom is -0.369 e. The molecule has 5 nitrogen and oxygen atoms in total. The van der Waals surface area contributed by atoms with Gasteiger partial charge >= 0.3 is 5.69 Å². The SMILES string of the molecule is NC(=O)C1CCCc2c1[nH]c(=O)n(I)c2=S. The lowest BCUT2D eigenvalue weighted by Gasteiger charge is -2.22. The van der Waals surface area contributed by atoms with Crippen LogP contribution in [-0.2, 0) is 11.2 Å². The van der Waals surface area contributed by atoms with Crippen LogP contribution in [0.1, 0.15) is 30.0 Å². The van der Waals surface area contributed by atoms with Crippen molar-refractivity contribution in [2.45, 2.75) is 25.2 Å². The Morgan fingerprint density at radius 1 is 1.62 bits per heavy atom. The standard InChI is InChI=1S/C9H10IN3O2S/c10-13-8(16)5-3-1-2-4(7(11)14)6(5)12-9(13)15/h4H,1-3H2,(H2,11,14)(H,12,15). The third-order valence-corrected chi connectivity index (χ3v) is 4.47. The van der Waals surface area contributed by atoms with Crippen LogP contribution in [0.3, 0.4) is 0 Å². The molecule has 86 valence electrons. The van der Waals surface area contributed by atoms with E-state index in [9.17, 15) is 9.59 Å². The first-order valence-corrected chi connectivity index (χ1v) is 6.23. The van der Waals surface area contributed by atoms with Crippen molar-refractivity contribution in [1.82, 2.24) is 7.76 Å². The van der Waals surface area contributed by atoms with Gasteiger partial charge in [0, 0.05) is 11.3 Å². The number of H-pyrrole nitrogens is 1. The van der Waals surface area contributed by atoms with Crippen LogP contribution >= 0.6 is 35.1 Å². The fourth-order valence-corrected chi connectivity index (χ4v) is 2.72. The maximum atomic E-state index is 11.6. The normalized spacial score (nSPS) is 19.2. The number of aromatic amines is 1. The molecule has 0 spiro atoms. The second-order valence-electron chi connectivity index (χ2n) is 3.76. The lowest BCUT2D eigenvalue weighted by Crippen LogP contribution is -2.31. The molecule has 0 radical (unpaired) electrons. The quantitative estimate of drug-likeness (QED) is 0.585. The zero-order chi connectivity index (χ0) is 11.9. The van der Waals surface area contributed by atoms with Crippen LogP contribution in [0.4, 0.5) is 0 Å². The number of halogens is 1. The number of nitrogens with zero attached hydrogens (tertiary/aromatic N) is 1. The Labute approximate surface area is 111 Å². The highest BCUT2D eigenvalue weighted by Crippen LogP contribution is 2.29. The van der Waals surface area contributed by atoms with Crippen molar-refractivity contribution in [2.75, 3.05) is 0 Å². The van der Waals surface area contributed by atoms with Crippen LogP contribution < -0.4 is 11.4 Å². The Balaban J connectivity index is 2.71. The van der Waals surface area contributed by atoms with E-state index in [0.717, 1.165) is 18.4 Å². The number of carbonyl (C=O) groups excluding carboxylic acids is 1.